The Labute approximate surface area is 119 Å². The van der Waals surface area contributed by atoms with Crippen molar-refractivity contribution in [3.63, 3.8) is 0 Å². The Balaban J connectivity index is 2.64. The van der Waals surface area contributed by atoms with Crippen molar-refractivity contribution >= 4 is 29.0 Å². The van der Waals surface area contributed by atoms with Crippen molar-refractivity contribution in [1.82, 2.24) is 19.5 Å². The van der Waals surface area contributed by atoms with E-state index in [4.69, 9.17) is 21.8 Å². The number of aromatic nitrogens is 4. The number of amides is 1. The molecule has 1 amide bonds. The third-order valence-corrected chi connectivity index (χ3v) is 2.79. The van der Waals surface area contributed by atoms with E-state index < -0.39 is 5.91 Å². The van der Waals surface area contributed by atoms with Gasteiger partial charge in [-0.25, -0.2) is 15.0 Å². The van der Waals surface area contributed by atoms with Crippen LogP contribution in [0.2, 0.25) is 0 Å². The predicted molar refractivity (Wildman–Crippen MR) is 74.2 cm³/mol. The van der Waals surface area contributed by atoms with E-state index in [-0.39, 0.29) is 18.0 Å². The number of hydrogen-bond donors (Lipinski definition) is 3. The van der Waals surface area contributed by atoms with Gasteiger partial charge >= 0.3 is 0 Å². The quantitative estimate of drug-likeness (QED) is 0.479. The molecule has 2 heterocycles. The summed E-state index contributed by atoms with van der Waals surface area (Å²) < 4.78 is 1.64. The van der Waals surface area contributed by atoms with Gasteiger partial charge in [0.2, 0.25) is 0 Å². The molecule has 0 bridgehead atoms. The van der Waals surface area contributed by atoms with Crippen LogP contribution in [-0.2, 0) is 11.3 Å². The topological polar surface area (TPSA) is 157 Å². The third-order valence-electron chi connectivity index (χ3n) is 2.79. The minimum Gasteiger partial charge on any atom is -0.396 e. The first-order chi connectivity index (χ1) is 10.1. The highest BCUT2D eigenvalue weighted by Gasteiger charge is 2.15. The molecule has 9 nitrogen and oxygen atoms in total. The smallest absolute Gasteiger partial charge is 0.259 e. The number of primary amides is 1. The summed E-state index contributed by atoms with van der Waals surface area (Å²) in [5.41, 5.74) is 11.4. The van der Waals surface area contributed by atoms with E-state index in [1.807, 2.05) is 0 Å². The fourth-order valence-electron chi connectivity index (χ4n) is 1.82. The number of carbonyl (C=O) groups excluding carboxylic acids is 1. The molecule has 0 aromatic carbocycles. The van der Waals surface area contributed by atoms with E-state index in [1.165, 1.54) is 12.4 Å². The second kappa shape index (κ2) is 5.98. The largest absolute Gasteiger partial charge is 0.396 e. The SMILES string of the molecule is N#C/C(=C\c1nc2c(N)ncnc2n1CCCO)C(N)=O. The van der Waals surface area contributed by atoms with E-state index in [2.05, 4.69) is 15.0 Å². The maximum Gasteiger partial charge on any atom is 0.259 e. The number of hydrogen-bond acceptors (Lipinski definition) is 7. The van der Waals surface area contributed by atoms with Gasteiger partial charge in [0.1, 0.15) is 23.8 Å². The first-order valence-electron chi connectivity index (χ1n) is 6.07. The molecule has 9 heteroatoms. The Hall–Kier alpha value is -2.99. The van der Waals surface area contributed by atoms with Crippen molar-refractivity contribution in [1.29, 1.82) is 5.26 Å². The van der Waals surface area contributed by atoms with Gasteiger partial charge in [-0.1, -0.05) is 0 Å². The summed E-state index contributed by atoms with van der Waals surface area (Å²) in [6.07, 6.45) is 3.01. The zero-order valence-electron chi connectivity index (χ0n) is 11.0. The summed E-state index contributed by atoms with van der Waals surface area (Å²) >= 11 is 0. The summed E-state index contributed by atoms with van der Waals surface area (Å²) in [5.74, 6) is -0.353. The molecule has 21 heavy (non-hydrogen) atoms. The van der Waals surface area contributed by atoms with Crippen LogP contribution < -0.4 is 11.5 Å². The van der Waals surface area contributed by atoms with Crippen molar-refractivity contribution in [2.24, 2.45) is 5.73 Å². The van der Waals surface area contributed by atoms with Gasteiger partial charge in [-0.05, 0) is 6.42 Å². The molecule has 0 aliphatic rings. The molecule has 0 aliphatic carbocycles. The summed E-state index contributed by atoms with van der Waals surface area (Å²) in [6.45, 7) is 0.372. The number of aliphatic hydroxyl groups is 1. The lowest BCUT2D eigenvalue weighted by atomic mass is 10.2. The number of fused-ring (bicyclic) bond motifs is 1. The number of aliphatic hydroxyl groups excluding tert-OH is 1. The van der Waals surface area contributed by atoms with E-state index in [0.29, 0.717) is 30.0 Å². The van der Waals surface area contributed by atoms with Crippen LogP contribution >= 0.6 is 0 Å². The second-order valence-electron chi connectivity index (χ2n) is 4.16. The molecule has 0 fully saturated rings. The van der Waals surface area contributed by atoms with Gasteiger partial charge in [-0.15, -0.1) is 0 Å². The van der Waals surface area contributed by atoms with Crippen LogP contribution in [0.25, 0.3) is 17.2 Å². The first-order valence-corrected chi connectivity index (χ1v) is 6.07. The molecule has 5 N–H and O–H groups in total. The maximum absolute atomic E-state index is 11.1. The Morgan fingerprint density at radius 1 is 1.52 bits per heavy atom. The molecule has 0 spiro atoms. The van der Waals surface area contributed by atoms with Crippen molar-refractivity contribution in [2.75, 3.05) is 12.3 Å². The number of nitrogens with two attached hydrogens (primary N) is 2. The van der Waals surface area contributed by atoms with Crippen LogP contribution in [0.3, 0.4) is 0 Å². The average molecular weight is 287 g/mol. The van der Waals surface area contributed by atoms with Crippen molar-refractivity contribution in [3.05, 3.63) is 17.7 Å². The molecule has 0 radical (unpaired) electrons. The van der Waals surface area contributed by atoms with E-state index in [0.717, 1.165) is 0 Å². The number of imidazole rings is 1. The Morgan fingerprint density at radius 3 is 2.90 bits per heavy atom. The number of nitriles is 1. The summed E-state index contributed by atoms with van der Waals surface area (Å²) in [7, 11) is 0. The van der Waals surface area contributed by atoms with Gasteiger partial charge in [0.25, 0.3) is 5.91 Å². The molecule has 108 valence electrons. The minimum absolute atomic E-state index is 0.0235. The number of rotatable bonds is 5. The van der Waals surface area contributed by atoms with Gasteiger partial charge < -0.3 is 21.1 Å². The van der Waals surface area contributed by atoms with Gasteiger partial charge in [-0.3, -0.25) is 4.79 Å². The normalized spacial score (nSPS) is 11.5. The molecule has 0 aliphatic heterocycles. The highest BCUT2D eigenvalue weighted by atomic mass is 16.3. The molecule has 0 unspecified atom stereocenters. The van der Waals surface area contributed by atoms with Crippen molar-refractivity contribution in [2.45, 2.75) is 13.0 Å². The maximum atomic E-state index is 11.1. The third kappa shape index (κ3) is 2.80. The minimum atomic E-state index is -0.850. The fraction of sp³-hybridized carbons (Fsp3) is 0.250. The fourth-order valence-corrected chi connectivity index (χ4v) is 1.82. The highest BCUT2D eigenvalue weighted by molar-refractivity contribution is 6.00. The number of nitrogens with zero attached hydrogens (tertiary/aromatic N) is 5. The lowest BCUT2D eigenvalue weighted by molar-refractivity contribution is -0.114. The number of aryl methyl sites for hydroxylation is 1. The van der Waals surface area contributed by atoms with Crippen LogP contribution in [0, 0.1) is 11.3 Å². The van der Waals surface area contributed by atoms with E-state index >= 15 is 0 Å². The molecule has 0 saturated heterocycles. The van der Waals surface area contributed by atoms with E-state index in [9.17, 15) is 4.79 Å². The standard InChI is InChI=1S/C12H13N7O2/c13-5-7(11(15)21)4-8-18-9-10(14)16-6-17-12(9)19(8)2-1-3-20/h4,6,20H,1-3H2,(H2,15,21)(H2,14,16,17)/b7-4+. The van der Waals surface area contributed by atoms with Crippen molar-refractivity contribution < 1.29 is 9.90 Å². The van der Waals surface area contributed by atoms with Gasteiger partial charge in [0.05, 0.1) is 0 Å². The Bertz CT molecular complexity index is 757. The molecular formula is C12H13N7O2. The first kappa shape index (κ1) is 14.4. The molecule has 2 aromatic heterocycles. The van der Waals surface area contributed by atoms with Crippen molar-refractivity contribution in [3.8, 4) is 6.07 Å². The van der Waals surface area contributed by atoms with Crippen LogP contribution in [0.1, 0.15) is 12.2 Å². The van der Waals surface area contributed by atoms with Crippen LogP contribution in [0.4, 0.5) is 5.82 Å². The number of carbonyl (C=O) groups is 1. The molecule has 2 aromatic rings. The van der Waals surface area contributed by atoms with Crippen LogP contribution in [0.15, 0.2) is 11.9 Å². The number of anilines is 1. The highest BCUT2D eigenvalue weighted by Crippen LogP contribution is 2.20. The lowest BCUT2D eigenvalue weighted by Crippen LogP contribution is -2.13. The number of nitrogen functional groups attached to an aromatic ring is 1. The lowest BCUT2D eigenvalue weighted by Gasteiger charge is -2.04. The second-order valence-corrected chi connectivity index (χ2v) is 4.16. The molecular weight excluding hydrogens is 274 g/mol. The Kier molecular flexibility index (Phi) is 4.10. The van der Waals surface area contributed by atoms with Gasteiger partial charge in [0, 0.05) is 19.2 Å². The van der Waals surface area contributed by atoms with Gasteiger partial charge in [-0.2, -0.15) is 5.26 Å². The summed E-state index contributed by atoms with van der Waals surface area (Å²) in [4.78, 5) is 23.3. The monoisotopic (exact) mass is 287 g/mol. The molecule has 0 atom stereocenters. The summed E-state index contributed by atoms with van der Waals surface area (Å²) in [6, 6.07) is 1.71. The average Bonchev–Trinajstić information content (AvgIpc) is 2.81. The van der Waals surface area contributed by atoms with E-state index in [1.54, 1.807) is 10.6 Å². The molecule has 2 rings (SSSR count). The van der Waals surface area contributed by atoms with Crippen LogP contribution in [0.5, 0.6) is 0 Å². The summed E-state index contributed by atoms with van der Waals surface area (Å²) in [5, 5.41) is 17.9. The zero-order valence-corrected chi connectivity index (χ0v) is 11.0. The zero-order chi connectivity index (χ0) is 15.4. The molecule has 0 saturated carbocycles. The Morgan fingerprint density at radius 2 is 2.29 bits per heavy atom. The van der Waals surface area contributed by atoms with Crippen LogP contribution in [-0.4, -0.2) is 37.1 Å². The van der Waals surface area contributed by atoms with Gasteiger partial charge in [0.15, 0.2) is 17.0 Å². The predicted octanol–water partition coefficient (Wildman–Crippen LogP) is -0.817.